The van der Waals surface area contributed by atoms with Gasteiger partial charge in [0, 0.05) is 16.7 Å². The fourth-order valence-electron chi connectivity index (χ4n) is 0.906. The van der Waals surface area contributed by atoms with Crippen molar-refractivity contribution in [2.24, 2.45) is 0 Å². The zero-order valence-corrected chi connectivity index (χ0v) is 8.04. The molecular formula is C7H2BrFO2S. The van der Waals surface area contributed by atoms with Crippen LogP contribution in [0, 0.1) is 10.7 Å². The zero-order valence-electron chi connectivity index (χ0n) is 5.64. The molecule has 0 amide bonds. The summed E-state index contributed by atoms with van der Waals surface area (Å²) in [5, 5.41) is 0. The molecule has 1 heterocycles. The number of fused-ring (bicyclic) bond motifs is 1. The second kappa shape index (κ2) is 2.67. The second-order valence-corrected chi connectivity index (χ2v) is 3.42. The van der Waals surface area contributed by atoms with Gasteiger partial charge in [-0.25, -0.2) is 4.39 Å². The summed E-state index contributed by atoms with van der Waals surface area (Å²) in [6.45, 7) is 0. The van der Waals surface area contributed by atoms with Gasteiger partial charge >= 0.3 is 4.90 Å². The first-order valence-electron chi connectivity index (χ1n) is 3.05. The molecule has 1 aromatic heterocycles. The van der Waals surface area contributed by atoms with Gasteiger partial charge < -0.3 is 8.83 Å². The molecule has 0 radical (unpaired) electrons. The lowest BCUT2D eigenvalue weighted by molar-refractivity contribution is 0.438. The van der Waals surface area contributed by atoms with E-state index in [1.807, 2.05) is 0 Å². The van der Waals surface area contributed by atoms with Gasteiger partial charge in [0.25, 0.3) is 0 Å². The minimum absolute atomic E-state index is 0.0585. The Bertz CT molecular complexity index is 488. The standard InChI is InChI=1S/C7H2BrFO2S/c8-3-1-4(9)6-5(2-3)10-7(12)11-6/h1-2H. The summed E-state index contributed by atoms with van der Waals surface area (Å²) in [7, 11) is 0. The Kier molecular flexibility index (Phi) is 1.77. The fourth-order valence-corrected chi connectivity index (χ4v) is 1.49. The van der Waals surface area contributed by atoms with Gasteiger partial charge in [-0.1, -0.05) is 15.9 Å². The third-order valence-corrected chi connectivity index (χ3v) is 1.98. The van der Waals surface area contributed by atoms with Gasteiger partial charge in [0.2, 0.25) is 5.58 Å². The summed E-state index contributed by atoms with van der Waals surface area (Å²) in [6.07, 6.45) is 0. The van der Waals surface area contributed by atoms with E-state index in [-0.39, 0.29) is 10.5 Å². The first kappa shape index (κ1) is 7.94. The van der Waals surface area contributed by atoms with Crippen molar-refractivity contribution in [3.05, 3.63) is 27.3 Å². The van der Waals surface area contributed by atoms with Crippen LogP contribution in [0.15, 0.2) is 25.4 Å². The summed E-state index contributed by atoms with van der Waals surface area (Å²) < 4.78 is 23.3. The normalized spacial score (nSPS) is 10.8. The maximum absolute atomic E-state index is 13.0. The topological polar surface area (TPSA) is 26.3 Å². The van der Waals surface area contributed by atoms with Gasteiger partial charge in [0.1, 0.15) is 0 Å². The van der Waals surface area contributed by atoms with Crippen molar-refractivity contribution in [2.75, 3.05) is 0 Å². The highest BCUT2D eigenvalue weighted by molar-refractivity contribution is 9.10. The molecule has 0 aliphatic rings. The SMILES string of the molecule is Fc1cc(Br)cc2oc(=S)oc12. The molecule has 0 aliphatic heterocycles. The molecule has 2 rings (SSSR count). The van der Waals surface area contributed by atoms with E-state index in [1.165, 1.54) is 6.07 Å². The average Bonchev–Trinajstić information content (AvgIpc) is 2.29. The van der Waals surface area contributed by atoms with Crippen LogP contribution in [0.4, 0.5) is 4.39 Å². The van der Waals surface area contributed by atoms with E-state index in [0.717, 1.165) is 0 Å². The number of benzene rings is 1. The van der Waals surface area contributed by atoms with Gasteiger partial charge in [-0.2, -0.15) is 0 Å². The van der Waals surface area contributed by atoms with Gasteiger partial charge in [0.05, 0.1) is 0 Å². The Balaban J connectivity index is 2.97. The predicted molar refractivity (Wildman–Crippen MR) is 47.0 cm³/mol. The molecule has 0 atom stereocenters. The Hall–Kier alpha value is -0.680. The first-order chi connectivity index (χ1) is 5.66. The molecule has 0 saturated carbocycles. The molecule has 1 aromatic carbocycles. The molecule has 0 spiro atoms. The Morgan fingerprint density at radius 3 is 2.83 bits per heavy atom. The number of hydrogen-bond donors (Lipinski definition) is 0. The summed E-state index contributed by atoms with van der Waals surface area (Å²) >= 11 is 7.72. The lowest BCUT2D eigenvalue weighted by Crippen LogP contribution is -1.74. The highest BCUT2D eigenvalue weighted by Crippen LogP contribution is 2.24. The highest BCUT2D eigenvalue weighted by atomic mass is 79.9. The van der Waals surface area contributed by atoms with Crippen molar-refractivity contribution in [3.8, 4) is 0 Å². The molecule has 12 heavy (non-hydrogen) atoms. The Labute approximate surface area is 80.1 Å². The molecule has 0 bridgehead atoms. The van der Waals surface area contributed by atoms with Gasteiger partial charge in [-0.3, -0.25) is 0 Å². The van der Waals surface area contributed by atoms with Crippen molar-refractivity contribution in [1.29, 1.82) is 0 Å². The third-order valence-electron chi connectivity index (χ3n) is 1.35. The zero-order chi connectivity index (χ0) is 8.72. The van der Waals surface area contributed by atoms with Gasteiger partial charge in [0.15, 0.2) is 11.4 Å². The van der Waals surface area contributed by atoms with Crippen LogP contribution in [-0.2, 0) is 0 Å². The summed E-state index contributed by atoms with van der Waals surface area (Å²) in [6, 6.07) is 2.88. The summed E-state index contributed by atoms with van der Waals surface area (Å²) in [5.41, 5.74) is 0.370. The van der Waals surface area contributed by atoms with Crippen molar-refractivity contribution in [1.82, 2.24) is 0 Å². The van der Waals surface area contributed by atoms with Crippen molar-refractivity contribution >= 4 is 39.3 Å². The third kappa shape index (κ3) is 1.19. The molecule has 0 aliphatic carbocycles. The smallest absolute Gasteiger partial charge is 0.363 e. The van der Waals surface area contributed by atoms with E-state index >= 15 is 0 Å². The van der Waals surface area contributed by atoms with Crippen LogP contribution in [0.5, 0.6) is 0 Å². The molecular weight excluding hydrogens is 247 g/mol. The van der Waals surface area contributed by atoms with E-state index in [1.54, 1.807) is 6.07 Å². The highest BCUT2D eigenvalue weighted by Gasteiger charge is 2.08. The molecule has 0 N–H and O–H groups in total. The van der Waals surface area contributed by atoms with Crippen molar-refractivity contribution in [3.63, 3.8) is 0 Å². The van der Waals surface area contributed by atoms with E-state index < -0.39 is 5.82 Å². The molecule has 0 saturated heterocycles. The quantitative estimate of drug-likeness (QED) is 0.666. The molecule has 0 fully saturated rings. The largest absolute Gasteiger partial charge is 0.413 e. The van der Waals surface area contributed by atoms with Crippen molar-refractivity contribution < 1.29 is 13.2 Å². The number of rotatable bonds is 0. The van der Waals surface area contributed by atoms with E-state index in [9.17, 15) is 4.39 Å². The molecule has 5 heteroatoms. The molecule has 2 aromatic rings. The van der Waals surface area contributed by atoms with Crippen LogP contribution in [-0.4, -0.2) is 0 Å². The van der Waals surface area contributed by atoms with E-state index in [4.69, 9.17) is 8.83 Å². The summed E-state index contributed by atoms with van der Waals surface area (Å²) in [4.78, 5) is -0.0676. The van der Waals surface area contributed by atoms with Crippen LogP contribution in [0.1, 0.15) is 0 Å². The van der Waals surface area contributed by atoms with Crippen LogP contribution in [0.3, 0.4) is 0 Å². The van der Waals surface area contributed by atoms with Gasteiger partial charge in [-0.15, -0.1) is 0 Å². The Morgan fingerprint density at radius 1 is 1.33 bits per heavy atom. The van der Waals surface area contributed by atoms with Crippen LogP contribution < -0.4 is 0 Å². The predicted octanol–water partition coefficient (Wildman–Crippen LogP) is 3.66. The monoisotopic (exact) mass is 248 g/mol. The number of halogens is 2. The maximum atomic E-state index is 13.0. The van der Waals surface area contributed by atoms with E-state index in [0.29, 0.717) is 10.1 Å². The average molecular weight is 249 g/mol. The van der Waals surface area contributed by atoms with E-state index in [2.05, 4.69) is 28.1 Å². The molecule has 62 valence electrons. The number of hydrogen-bond acceptors (Lipinski definition) is 3. The lowest BCUT2D eigenvalue weighted by Gasteiger charge is -1.89. The first-order valence-corrected chi connectivity index (χ1v) is 4.25. The van der Waals surface area contributed by atoms with Crippen molar-refractivity contribution in [2.45, 2.75) is 0 Å². The minimum atomic E-state index is -0.487. The summed E-state index contributed by atoms with van der Waals surface area (Å²) in [5.74, 6) is -0.487. The fraction of sp³-hybridized carbons (Fsp3) is 0. The second-order valence-electron chi connectivity index (χ2n) is 2.17. The van der Waals surface area contributed by atoms with Crippen LogP contribution in [0.25, 0.3) is 11.2 Å². The van der Waals surface area contributed by atoms with Gasteiger partial charge in [-0.05, 0) is 12.1 Å². The molecule has 0 unspecified atom stereocenters. The maximum Gasteiger partial charge on any atom is 0.363 e. The Morgan fingerprint density at radius 2 is 2.08 bits per heavy atom. The van der Waals surface area contributed by atoms with Crippen LogP contribution in [0.2, 0.25) is 0 Å². The van der Waals surface area contributed by atoms with Crippen LogP contribution >= 0.6 is 28.1 Å². The minimum Gasteiger partial charge on any atom is -0.413 e. The molecule has 2 nitrogen and oxygen atoms in total. The lowest BCUT2D eigenvalue weighted by atomic mass is 10.3.